The monoisotopic (exact) mass is 266 g/mol. The normalized spacial score (nSPS) is 10.2. The van der Waals surface area contributed by atoms with Crippen LogP contribution in [-0.2, 0) is 0 Å². The van der Waals surface area contributed by atoms with E-state index in [1.54, 1.807) is 25.3 Å². The highest BCUT2D eigenvalue weighted by Gasteiger charge is 2.08. The molecule has 0 unspecified atom stereocenters. The molecule has 0 radical (unpaired) electrons. The van der Waals surface area contributed by atoms with Crippen molar-refractivity contribution < 1.29 is 9.47 Å². The summed E-state index contributed by atoms with van der Waals surface area (Å²) in [6.45, 7) is 0. The average Bonchev–Trinajstić information content (AvgIpc) is 2.40. The van der Waals surface area contributed by atoms with E-state index >= 15 is 0 Å². The zero-order chi connectivity index (χ0) is 13.1. The Balaban J connectivity index is 2.57. The zero-order valence-corrected chi connectivity index (χ0v) is 10.6. The van der Waals surface area contributed by atoms with Gasteiger partial charge in [0.15, 0.2) is 11.5 Å². The van der Waals surface area contributed by atoms with E-state index in [2.05, 4.69) is 5.10 Å². The van der Waals surface area contributed by atoms with Gasteiger partial charge in [0.25, 0.3) is 5.56 Å². The van der Waals surface area contributed by atoms with Crippen molar-refractivity contribution in [1.29, 1.82) is 0 Å². The van der Waals surface area contributed by atoms with Crippen molar-refractivity contribution >= 4 is 11.6 Å². The Kier molecular flexibility index (Phi) is 3.53. The Morgan fingerprint density at radius 1 is 1.11 bits per heavy atom. The van der Waals surface area contributed by atoms with Gasteiger partial charge in [-0.15, -0.1) is 0 Å². The van der Waals surface area contributed by atoms with Crippen LogP contribution in [0.5, 0.6) is 11.5 Å². The van der Waals surface area contributed by atoms with Crippen LogP contribution in [0.15, 0.2) is 35.1 Å². The standard InChI is InChI=1S/C12H11ClN2O3/c1-17-9-4-3-8(7-10(9)18-2)15-12(16)6-5-11(13)14-15/h3-7H,1-2H3. The maximum Gasteiger partial charge on any atom is 0.271 e. The first-order valence-electron chi connectivity index (χ1n) is 5.14. The van der Waals surface area contributed by atoms with Crippen molar-refractivity contribution in [2.24, 2.45) is 0 Å². The van der Waals surface area contributed by atoms with Crippen LogP contribution in [0.4, 0.5) is 0 Å². The van der Waals surface area contributed by atoms with E-state index < -0.39 is 0 Å². The lowest BCUT2D eigenvalue weighted by Crippen LogP contribution is -2.19. The second-order valence-electron chi connectivity index (χ2n) is 3.45. The Hall–Kier alpha value is -2.01. The molecule has 18 heavy (non-hydrogen) atoms. The fourth-order valence-electron chi connectivity index (χ4n) is 1.53. The molecule has 6 heteroatoms. The number of methoxy groups -OCH3 is 2. The minimum absolute atomic E-state index is 0.240. The number of rotatable bonds is 3. The van der Waals surface area contributed by atoms with Crippen LogP contribution in [0.1, 0.15) is 0 Å². The van der Waals surface area contributed by atoms with Gasteiger partial charge < -0.3 is 9.47 Å². The van der Waals surface area contributed by atoms with Gasteiger partial charge >= 0.3 is 0 Å². The fourth-order valence-corrected chi connectivity index (χ4v) is 1.67. The minimum Gasteiger partial charge on any atom is -0.493 e. The molecule has 5 nitrogen and oxygen atoms in total. The van der Waals surface area contributed by atoms with Crippen molar-refractivity contribution in [3.63, 3.8) is 0 Å². The third-order valence-electron chi connectivity index (χ3n) is 2.38. The van der Waals surface area contributed by atoms with Gasteiger partial charge in [-0.3, -0.25) is 4.79 Å². The van der Waals surface area contributed by atoms with E-state index in [0.717, 1.165) is 0 Å². The molecule has 0 saturated heterocycles. The predicted octanol–water partition coefficient (Wildman–Crippen LogP) is 1.90. The quantitative estimate of drug-likeness (QED) is 0.851. The second-order valence-corrected chi connectivity index (χ2v) is 3.83. The molecule has 0 amide bonds. The van der Waals surface area contributed by atoms with Crippen molar-refractivity contribution in [2.75, 3.05) is 14.2 Å². The van der Waals surface area contributed by atoms with Crippen LogP contribution in [-0.4, -0.2) is 24.0 Å². The zero-order valence-electron chi connectivity index (χ0n) is 9.88. The topological polar surface area (TPSA) is 53.4 Å². The number of hydrogen-bond donors (Lipinski definition) is 0. The highest BCUT2D eigenvalue weighted by molar-refractivity contribution is 6.29. The Morgan fingerprint density at radius 2 is 1.83 bits per heavy atom. The van der Waals surface area contributed by atoms with Crippen LogP contribution < -0.4 is 15.0 Å². The van der Waals surface area contributed by atoms with E-state index in [0.29, 0.717) is 17.2 Å². The molecule has 0 aliphatic rings. The number of hydrogen-bond acceptors (Lipinski definition) is 4. The van der Waals surface area contributed by atoms with Gasteiger partial charge in [0.05, 0.1) is 19.9 Å². The fraction of sp³-hybridized carbons (Fsp3) is 0.167. The van der Waals surface area contributed by atoms with Gasteiger partial charge in [-0.25, -0.2) is 0 Å². The Morgan fingerprint density at radius 3 is 2.50 bits per heavy atom. The lowest BCUT2D eigenvalue weighted by Gasteiger charge is -2.10. The molecule has 2 rings (SSSR count). The Bertz CT molecular complexity index is 625. The molecule has 2 aromatic rings. The highest BCUT2D eigenvalue weighted by atomic mass is 35.5. The van der Waals surface area contributed by atoms with Crippen LogP contribution in [0, 0.1) is 0 Å². The first kappa shape index (κ1) is 12.4. The molecule has 94 valence electrons. The molecule has 0 bridgehead atoms. The molecular weight excluding hydrogens is 256 g/mol. The third kappa shape index (κ3) is 2.31. The maximum absolute atomic E-state index is 11.7. The van der Waals surface area contributed by atoms with E-state index in [4.69, 9.17) is 21.1 Å². The molecule has 0 fully saturated rings. The SMILES string of the molecule is COc1ccc(-n2nc(Cl)ccc2=O)cc1OC. The van der Waals surface area contributed by atoms with Crippen LogP contribution in [0.25, 0.3) is 5.69 Å². The van der Waals surface area contributed by atoms with Gasteiger partial charge in [0.1, 0.15) is 5.15 Å². The van der Waals surface area contributed by atoms with Crippen molar-refractivity contribution in [2.45, 2.75) is 0 Å². The predicted molar refractivity (Wildman–Crippen MR) is 67.9 cm³/mol. The Labute approximate surface area is 109 Å². The lowest BCUT2D eigenvalue weighted by molar-refractivity contribution is 0.354. The summed E-state index contributed by atoms with van der Waals surface area (Å²) in [6, 6.07) is 7.85. The van der Waals surface area contributed by atoms with Gasteiger partial charge in [-0.1, -0.05) is 11.6 Å². The summed E-state index contributed by atoms with van der Waals surface area (Å²) in [5.74, 6) is 1.10. The highest BCUT2D eigenvalue weighted by Crippen LogP contribution is 2.28. The molecule has 0 N–H and O–H groups in total. The van der Waals surface area contributed by atoms with E-state index in [-0.39, 0.29) is 10.7 Å². The van der Waals surface area contributed by atoms with Crippen molar-refractivity contribution in [1.82, 2.24) is 9.78 Å². The third-order valence-corrected chi connectivity index (χ3v) is 2.58. The maximum atomic E-state index is 11.7. The average molecular weight is 267 g/mol. The van der Waals surface area contributed by atoms with E-state index in [1.165, 1.54) is 23.9 Å². The molecule has 1 heterocycles. The van der Waals surface area contributed by atoms with Crippen LogP contribution in [0.2, 0.25) is 5.15 Å². The smallest absolute Gasteiger partial charge is 0.271 e. The number of aromatic nitrogens is 2. The number of nitrogens with zero attached hydrogens (tertiary/aromatic N) is 2. The van der Waals surface area contributed by atoms with E-state index in [9.17, 15) is 4.79 Å². The molecule has 0 aliphatic carbocycles. The molecule has 1 aromatic heterocycles. The molecule has 0 spiro atoms. The summed E-state index contributed by atoms with van der Waals surface area (Å²) in [6.07, 6.45) is 0. The number of benzene rings is 1. The minimum atomic E-state index is -0.272. The molecule has 0 saturated carbocycles. The summed E-state index contributed by atoms with van der Waals surface area (Å²) < 4.78 is 11.5. The largest absolute Gasteiger partial charge is 0.493 e. The number of ether oxygens (including phenoxy) is 2. The molecular formula is C12H11ClN2O3. The summed E-state index contributed by atoms with van der Waals surface area (Å²) >= 11 is 5.77. The molecule has 0 aliphatic heterocycles. The van der Waals surface area contributed by atoms with Gasteiger partial charge in [0, 0.05) is 12.1 Å². The second kappa shape index (κ2) is 5.10. The van der Waals surface area contributed by atoms with Crippen LogP contribution in [0.3, 0.4) is 0 Å². The van der Waals surface area contributed by atoms with Crippen molar-refractivity contribution in [3.05, 3.63) is 45.8 Å². The molecule has 0 atom stereocenters. The molecule has 1 aromatic carbocycles. The van der Waals surface area contributed by atoms with Gasteiger partial charge in [-0.2, -0.15) is 9.78 Å². The first-order chi connectivity index (χ1) is 8.65. The summed E-state index contributed by atoms with van der Waals surface area (Å²) in [5, 5.41) is 4.19. The lowest BCUT2D eigenvalue weighted by atomic mass is 10.2. The van der Waals surface area contributed by atoms with Crippen molar-refractivity contribution in [3.8, 4) is 17.2 Å². The van der Waals surface area contributed by atoms with Crippen LogP contribution >= 0.6 is 11.6 Å². The number of halogens is 1. The van der Waals surface area contributed by atoms with Gasteiger partial charge in [-0.05, 0) is 18.2 Å². The summed E-state index contributed by atoms with van der Waals surface area (Å²) in [7, 11) is 3.07. The summed E-state index contributed by atoms with van der Waals surface area (Å²) in [4.78, 5) is 11.7. The van der Waals surface area contributed by atoms with Gasteiger partial charge in [0.2, 0.25) is 0 Å². The first-order valence-corrected chi connectivity index (χ1v) is 5.52. The summed E-state index contributed by atoms with van der Waals surface area (Å²) in [5.41, 5.74) is 0.284. The van der Waals surface area contributed by atoms with E-state index in [1.807, 2.05) is 0 Å².